The van der Waals surface area contributed by atoms with Crippen LogP contribution in [0.3, 0.4) is 0 Å². The highest BCUT2D eigenvalue weighted by Crippen LogP contribution is 2.38. The summed E-state index contributed by atoms with van der Waals surface area (Å²) in [5, 5.41) is 3.15. The fourth-order valence-electron chi connectivity index (χ4n) is 3.78. The Morgan fingerprint density at radius 1 is 1.17 bits per heavy atom. The van der Waals surface area contributed by atoms with Crippen LogP contribution in [0.5, 0.6) is 5.75 Å². The second-order valence-electron chi connectivity index (χ2n) is 7.96. The van der Waals surface area contributed by atoms with Crippen molar-refractivity contribution >= 4 is 5.91 Å². The van der Waals surface area contributed by atoms with Crippen LogP contribution in [0.1, 0.15) is 59.4 Å². The van der Waals surface area contributed by atoms with Gasteiger partial charge in [-0.2, -0.15) is 0 Å². The second kappa shape index (κ2) is 8.55. The molecule has 0 aliphatic heterocycles. The molecule has 1 aliphatic rings. The van der Waals surface area contributed by atoms with E-state index in [1.54, 1.807) is 0 Å². The Morgan fingerprint density at radius 2 is 1.83 bits per heavy atom. The predicted molar refractivity (Wildman–Crippen MR) is 98.9 cm³/mol. The summed E-state index contributed by atoms with van der Waals surface area (Å²) in [6.45, 7) is 11.4. The van der Waals surface area contributed by atoms with E-state index >= 15 is 0 Å². The summed E-state index contributed by atoms with van der Waals surface area (Å²) in [7, 11) is 0. The molecule has 3 heteroatoms. The van der Waals surface area contributed by atoms with Crippen LogP contribution >= 0.6 is 0 Å². The summed E-state index contributed by atoms with van der Waals surface area (Å²) in [6, 6.07) is 8.00. The van der Waals surface area contributed by atoms with E-state index in [9.17, 15) is 4.79 Å². The Balaban J connectivity index is 1.91. The molecule has 0 spiro atoms. The number of carbonyl (C=O) groups is 1. The highest BCUT2D eigenvalue weighted by molar-refractivity contribution is 5.79. The average Bonchev–Trinajstić information content (AvgIpc) is 2.53. The maximum absolute atomic E-state index is 12.7. The van der Waals surface area contributed by atoms with Crippen LogP contribution in [0.25, 0.3) is 0 Å². The Kier molecular flexibility index (Phi) is 6.70. The zero-order valence-electron chi connectivity index (χ0n) is 15.8. The van der Waals surface area contributed by atoms with Crippen LogP contribution in [-0.2, 0) is 11.3 Å². The minimum atomic E-state index is 0.164. The number of hydrogen-bond donors (Lipinski definition) is 1. The number of benzene rings is 1. The summed E-state index contributed by atoms with van der Waals surface area (Å²) in [5.74, 6) is 3.01. The lowest BCUT2D eigenvalue weighted by molar-refractivity contribution is -0.129. The van der Waals surface area contributed by atoms with Crippen LogP contribution in [0.4, 0.5) is 0 Å². The molecule has 0 heterocycles. The van der Waals surface area contributed by atoms with Crippen molar-refractivity contribution in [2.45, 2.75) is 66.5 Å². The topological polar surface area (TPSA) is 38.3 Å². The Labute approximate surface area is 147 Å². The van der Waals surface area contributed by atoms with Gasteiger partial charge >= 0.3 is 0 Å². The first-order valence-corrected chi connectivity index (χ1v) is 9.40. The highest BCUT2D eigenvalue weighted by atomic mass is 16.5. The molecule has 134 valence electrons. The molecule has 1 saturated carbocycles. The zero-order valence-corrected chi connectivity index (χ0v) is 15.8. The molecule has 1 N–H and O–H groups in total. The fraction of sp³-hybridized carbons (Fsp3) is 0.667. The summed E-state index contributed by atoms with van der Waals surface area (Å²) in [6.07, 6.45) is 3.63. The summed E-state index contributed by atoms with van der Waals surface area (Å²) >= 11 is 0. The third-order valence-corrected chi connectivity index (χ3v) is 5.12. The van der Waals surface area contributed by atoms with Gasteiger partial charge in [0.05, 0.1) is 6.10 Å². The van der Waals surface area contributed by atoms with E-state index < -0.39 is 0 Å². The van der Waals surface area contributed by atoms with E-state index in [0.717, 1.165) is 17.7 Å². The number of nitrogens with one attached hydrogen (secondary N) is 1. The fourth-order valence-corrected chi connectivity index (χ4v) is 3.78. The summed E-state index contributed by atoms with van der Waals surface area (Å²) in [5.41, 5.74) is 1.12. The van der Waals surface area contributed by atoms with Crippen LogP contribution in [0.2, 0.25) is 0 Å². The molecule has 2 rings (SSSR count). The van der Waals surface area contributed by atoms with Gasteiger partial charge in [0.1, 0.15) is 5.75 Å². The van der Waals surface area contributed by atoms with Gasteiger partial charge in [0.2, 0.25) is 5.91 Å². The second-order valence-corrected chi connectivity index (χ2v) is 7.96. The Hall–Kier alpha value is -1.51. The molecule has 1 aromatic carbocycles. The SMILES string of the molecule is CC1CCC(C(C)C)C(C(=O)NCc2ccc(OC(C)C)cc2)C1. The van der Waals surface area contributed by atoms with Crippen molar-refractivity contribution in [2.24, 2.45) is 23.7 Å². The van der Waals surface area contributed by atoms with Gasteiger partial charge in [-0.05, 0) is 62.1 Å². The van der Waals surface area contributed by atoms with Gasteiger partial charge < -0.3 is 10.1 Å². The number of hydrogen-bond acceptors (Lipinski definition) is 2. The molecule has 1 amide bonds. The molecule has 1 aliphatic carbocycles. The molecule has 0 saturated heterocycles. The van der Waals surface area contributed by atoms with Gasteiger partial charge in [-0.15, -0.1) is 0 Å². The molecule has 1 aromatic rings. The zero-order chi connectivity index (χ0) is 17.7. The number of ether oxygens (including phenoxy) is 1. The van der Waals surface area contributed by atoms with Crippen molar-refractivity contribution < 1.29 is 9.53 Å². The first-order valence-electron chi connectivity index (χ1n) is 9.40. The molecule has 0 radical (unpaired) electrons. The monoisotopic (exact) mass is 331 g/mol. The van der Waals surface area contributed by atoms with E-state index in [0.29, 0.717) is 24.3 Å². The minimum absolute atomic E-state index is 0.164. The van der Waals surface area contributed by atoms with Crippen molar-refractivity contribution in [1.29, 1.82) is 0 Å². The normalized spacial score (nSPS) is 24.2. The van der Waals surface area contributed by atoms with Crippen LogP contribution in [-0.4, -0.2) is 12.0 Å². The predicted octanol–water partition coefficient (Wildman–Crippen LogP) is 4.80. The van der Waals surface area contributed by atoms with Gasteiger partial charge in [0, 0.05) is 12.5 Å². The molecular weight excluding hydrogens is 298 g/mol. The van der Waals surface area contributed by atoms with Crippen LogP contribution in [0, 0.1) is 23.7 Å². The van der Waals surface area contributed by atoms with E-state index in [1.807, 2.05) is 38.1 Å². The van der Waals surface area contributed by atoms with Crippen molar-refractivity contribution in [2.75, 3.05) is 0 Å². The maximum Gasteiger partial charge on any atom is 0.223 e. The van der Waals surface area contributed by atoms with Crippen LogP contribution < -0.4 is 10.1 Å². The third-order valence-electron chi connectivity index (χ3n) is 5.12. The number of amides is 1. The van der Waals surface area contributed by atoms with Crippen LogP contribution in [0.15, 0.2) is 24.3 Å². The molecule has 0 bridgehead atoms. The van der Waals surface area contributed by atoms with Crippen molar-refractivity contribution in [3.63, 3.8) is 0 Å². The lowest BCUT2D eigenvalue weighted by atomic mass is 9.70. The van der Waals surface area contributed by atoms with Gasteiger partial charge in [-0.25, -0.2) is 0 Å². The van der Waals surface area contributed by atoms with Crippen molar-refractivity contribution in [1.82, 2.24) is 5.32 Å². The highest BCUT2D eigenvalue weighted by Gasteiger charge is 2.35. The first-order chi connectivity index (χ1) is 11.4. The molecule has 24 heavy (non-hydrogen) atoms. The standard InChI is InChI=1S/C21H33NO2/c1-14(2)19-11-6-16(5)12-20(19)21(23)22-13-17-7-9-18(10-8-17)24-15(3)4/h7-10,14-16,19-20H,6,11-13H2,1-5H3,(H,22,23). The van der Waals surface area contributed by atoms with Crippen molar-refractivity contribution in [3.8, 4) is 5.75 Å². The summed E-state index contributed by atoms with van der Waals surface area (Å²) < 4.78 is 5.65. The number of carbonyl (C=O) groups excluding carboxylic acids is 1. The van der Waals surface area contributed by atoms with E-state index in [2.05, 4.69) is 26.1 Å². The molecule has 3 atom stereocenters. The van der Waals surface area contributed by atoms with Gasteiger partial charge in [0.25, 0.3) is 0 Å². The van der Waals surface area contributed by atoms with Gasteiger partial charge in [-0.1, -0.05) is 39.3 Å². The van der Waals surface area contributed by atoms with Gasteiger partial charge in [0.15, 0.2) is 0 Å². The lowest BCUT2D eigenvalue weighted by Gasteiger charge is -2.36. The Bertz CT molecular complexity index is 521. The average molecular weight is 332 g/mol. The smallest absolute Gasteiger partial charge is 0.223 e. The summed E-state index contributed by atoms with van der Waals surface area (Å²) in [4.78, 5) is 12.7. The number of rotatable bonds is 6. The van der Waals surface area contributed by atoms with Gasteiger partial charge in [-0.3, -0.25) is 4.79 Å². The molecule has 3 nitrogen and oxygen atoms in total. The lowest BCUT2D eigenvalue weighted by Crippen LogP contribution is -2.39. The quantitative estimate of drug-likeness (QED) is 0.813. The maximum atomic E-state index is 12.7. The Morgan fingerprint density at radius 3 is 2.42 bits per heavy atom. The molecule has 1 fully saturated rings. The first kappa shape index (κ1) is 18.8. The molecule has 0 aromatic heterocycles. The largest absolute Gasteiger partial charge is 0.491 e. The van der Waals surface area contributed by atoms with E-state index in [4.69, 9.17) is 4.74 Å². The minimum Gasteiger partial charge on any atom is -0.491 e. The van der Waals surface area contributed by atoms with E-state index in [1.165, 1.54) is 12.8 Å². The van der Waals surface area contributed by atoms with E-state index in [-0.39, 0.29) is 17.9 Å². The molecular formula is C21H33NO2. The molecule has 3 unspecified atom stereocenters. The third kappa shape index (κ3) is 5.25. The van der Waals surface area contributed by atoms with Crippen molar-refractivity contribution in [3.05, 3.63) is 29.8 Å².